The molecule has 21 heavy (non-hydrogen) atoms. The van der Waals surface area contributed by atoms with Crippen LogP contribution in [0, 0.1) is 13.8 Å². The SMILES string of the molecule is CCc1nnc(NC(=O)c2cc3c(C)cc(C)cc3[nH]2)s1. The van der Waals surface area contributed by atoms with Crippen LogP contribution in [-0.2, 0) is 6.42 Å². The third-order valence-electron chi connectivity index (χ3n) is 3.32. The van der Waals surface area contributed by atoms with Gasteiger partial charge in [-0.15, -0.1) is 10.2 Å². The fourth-order valence-electron chi connectivity index (χ4n) is 2.33. The van der Waals surface area contributed by atoms with Crippen LogP contribution in [0.4, 0.5) is 5.13 Å². The van der Waals surface area contributed by atoms with E-state index < -0.39 is 0 Å². The highest BCUT2D eigenvalue weighted by atomic mass is 32.1. The zero-order valence-corrected chi connectivity index (χ0v) is 13.0. The number of aromatic nitrogens is 3. The minimum atomic E-state index is -0.193. The Hall–Kier alpha value is -2.21. The number of aromatic amines is 1. The number of H-pyrrole nitrogens is 1. The van der Waals surface area contributed by atoms with Gasteiger partial charge in [0.2, 0.25) is 5.13 Å². The van der Waals surface area contributed by atoms with Gasteiger partial charge in [0, 0.05) is 10.9 Å². The first kappa shape index (κ1) is 13.8. The van der Waals surface area contributed by atoms with Crippen LogP contribution < -0.4 is 5.32 Å². The number of benzene rings is 1. The molecule has 0 radical (unpaired) electrons. The lowest BCUT2D eigenvalue weighted by atomic mass is 10.1. The number of rotatable bonds is 3. The van der Waals surface area contributed by atoms with Crippen molar-refractivity contribution in [3.8, 4) is 0 Å². The lowest BCUT2D eigenvalue weighted by molar-refractivity contribution is 0.102. The predicted octanol–water partition coefficient (Wildman–Crippen LogP) is 3.45. The maximum atomic E-state index is 12.3. The normalized spacial score (nSPS) is 11.0. The van der Waals surface area contributed by atoms with Gasteiger partial charge in [-0.1, -0.05) is 24.3 Å². The number of amides is 1. The van der Waals surface area contributed by atoms with Crippen LogP contribution in [0.1, 0.15) is 33.5 Å². The molecule has 2 heterocycles. The second-order valence-corrected chi connectivity index (χ2v) is 6.10. The van der Waals surface area contributed by atoms with Crippen LogP contribution in [0.25, 0.3) is 10.9 Å². The van der Waals surface area contributed by atoms with Crippen LogP contribution in [0.3, 0.4) is 0 Å². The highest BCUT2D eigenvalue weighted by Crippen LogP contribution is 2.22. The largest absolute Gasteiger partial charge is 0.351 e. The van der Waals surface area contributed by atoms with Crippen LogP contribution in [0.2, 0.25) is 0 Å². The first-order chi connectivity index (χ1) is 10.1. The Bertz CT molecular complexity index is 818. The topological polar surface area (TPSA) is 70.7 Å². The average Bonchev–Trinajstić information content (AvgIpc) is 3.04. The fourth-order valence-corrected chi connectivity index (χ4v) is 3.01. The number of fused-ring (bicyclic) bond motifs is 1. The Morgan fingerprint density at radius 2 is 2.10 bits per heavy atom. The minimum Gasteiger partial charge on any atom is -0.351 e. The van der Waals surface area contributed by atoms with E-state index in [2.05, 4.69) is 26.6 Å². The Balaban J connectivity index is 1.89. The van der Waals surface area contributed by atoms with Crippen LogP contribution in [0.5, 0.6) is 0 Å². The smallest absolute Gasteiger partial charge is 0.273 e. The van der Waals surface area contributed by atoms with Gasteiger partial charge in [0.15, 0.2) is 0 Å². The number of hydrogen-bond donors (Lipinski definition) is 2. The molecule has 1 aromatic carbocycles. The van der Waals surface area contributed by atoms with Crippen LogP contribution in [0.15, 0.2) is 18.2 Å². The summed E-state index contributed by atoms with van der Waals surface area (Å²) in [5.41, 5.74) is 3.84. The van der Waals surface area contributed by atoms with Gasteiger partial charge in [0.25, 0.3) is 5.91 Å². The molecule has 0 saturated heterocycles. The molecule has 0 unspecified atom stereocenters. The summed E-state index contributed by atoms with van der Waals surface area (Å²) in [6.45, 7) is 6.10. The van der Waals surface area contributed by atoms with E-state index in [1.165, 1.54) is 16.9 Å². The maximum Gasteiger partial charge on any atom is 0.273 e. The molecule has 0 aliphatic heterocycles. The molecule has 108 valence electrons. The van der Waals surface area contributed by atoms with Crippen molar-refractivity contribution in [2.75, 3.05) is 5.32 Å². The van der Waals surface area contributed by atoms with E-state index in [9.17, 15) is 4.79 Å². The van der Waals surface area contributed by atoms with Gasteiger partial charge in [-0.25, -0.2) is 0 Å². The van der Waals surface area contributed by atoms with Gasteiger partial charge in [-0.05, 0) is 43.5 Å². The lowest BCUT2D eigenvalue weighted by Crippen LogP contribution is -2.11. The number of nitrogens with one attached hydrogen (secondary N) is 2. The van der Waals surface area contributed by atoms with E-state index in [4.69, 9.17) is 0 Å². The van der Waals surface area contributed by atoms with E-state index in [-0.39, 0.29) is 5.91 Å². The fraction of sp³-hybridized carbons (Fsp3) is 0.267. The molecule has 3 aromatic rings. The summed E-state index contributed by atoms with van der Waals surface area (Å²) in [5, 5.41) is 13.2. The molecule has 0 saturated carbocycles. The predicted molar refractivity (Wildman–Crippen MR) is 85.0 cm³/mol. The highest BCUT2D eigenvalue weighted by Gasteiger charge is 2.13. The van der Waals surface area contributed by atoms with E-state index in [0.29, 0.717) is 10.8 Å². The summed E-state index contributed by atoms with van der Waals surface area (Å²) in [6, 6.07) is 6.02. The summed E-state index contributed by atoms with van der Waals surface area (Å²) >= 11 is 1.40. The summed E-state index contributed by atoms with van der Waals surface area (Å²) < 4.78 is 0. The lowest BCUT2D eigenvalue weighted by Gasteiger charge is -1.97. The average molecular weight is 300 g/mol. The van der Waals surface area contributed by atoms with Crippen molar-refractivity contribution in [3.63, 3.8) is 0 Å². The number of carbonyl (C=O) groups excluding carboxylic acids is 1. The zero-order valence-electron chi connectivity index (χ0n) is 12.2. The molecule has 3 rings (SSSR count). The monoisotopic (exact) mass is 300 g/mol. The molecule has 2 N–H and O–H groups in total. The van der Waals surface area contributed by atoms with Gasteiger partial charge in [0.05, 0.1) is 0 Å². The molecule has 0 spiro atoms. The zero-order chi connectivity index (χ0) is 15.0. The first-order valence-corrected chi connectivity index (χ1v) is 7.62. The first-order valence-electron chi connectivity index (χ1n) is 6.80. The summed E-state index contributed by atoms with van der Waals surface area (Å²) in [6.07, 6.45) is 0.818. The van der Waals surface area contributed by atoms with Gasteiger partial charge in [-0.3, -0.25) is 10.1 Å². The molecular formula is C15H16N4OS. The third kappa shape index (κ3) is 2.67. The van der Waals surface area contributed by atoms with E-state index in [1.807, 2.05) is 32.9 Å². The molecule has 0 aliphatic rings. The second kappa shape index (κ2) is 5.29. The summed E-state index contributed by atoms with van der Waals surface area (Å²) in [7, 11) is 0. The minimum absolute atomic E-state index is 0.193. The number of aryl methyl sites for hydroxylation is 3. The van der Waals surface area contributed by atoms with Crippen molar-refractivity contribution < 1.29 is 4.79 Å². The quantitative estimate of drug-likeness (QED) is 0.778. The van der Waals surface area contributed by atoms with Crippen molar-refractivity contribution in [3.05, 3.63) is 40.0 Å². The van der Waals surface area contributed by atoms with E-state index >= 15 is 0 Å². The molecular weight excluding hydrogens is 284 g/mol. The molecule has 2 aromatic heterocycles. The van der Waals surface area contributed by atoms with Crippen molar-refractivity contribution >= 4 is 33.3 Å². The molecule has 0 atom stereocenters. The van der Waals surface area contributed by atoms with Gasteiger partial charge in [-0.2, -0.15) is 0 Å². The van der Waals surface area contributed by atoms with Crippen molar-refractivity contribution in [2.45, 2.75) is 27.2 Å². The third-order valence-corrected chi connectivity index (χ3v) is 4.31. The van der Waals surface area contributed by atoms with Crippen molar-refractivity contribution in [1.82, 2.24) is 15.2 Å². The van der Waals surface area contributed by atoms with Gasteiger partial charge >= 0.3 is 0 Å². The number of hydrogen-bond acceptors (Lipinski definition) is 4. The Morgan fingerprint density at radius 1 is 1.29 bits per heavy atom. The molecule has 1 amide bonds. The van der Waals surface area contributed by atoms with Crippen molar-refractivity contribution in [2.24, 2.45) is 0 Å². The number of nitrogens with zero attached hydrogens (tertiary/aromatic N) is 2. The number of anilines is 1. The molecule has 0 bridgehead atoms. The van der Waals surface area contributed by atoms with E-state index in [0.717, 1.165) is 27.9 Å². The molecule has 0 fully saturated rings. The standard InChI is InChI=1S/C15H16N4OS/c1-4-13-18-19-15(21-13)17-14(20)12-7-10-9(3)5-8(2)6-11(10)16-12/h5-7,16H,4H2,1-3H3,(H,17,19,20). The van der Waals surface area contributed by atoms with E-state index in [1.54, 1.807) is 0 Å². The van der Waals surface area contributed by atoms with Crippen LogP contribution >= 0.6 is 11.3 Å². The Kier molecular flexibility index (Phi) is 3.47. The number of carbonyl (C=O) groups is 1. The Labute approximate surface area is 126 Å². The van der Waals surface area contributed by atoms with Gasteiger partial charge in [0.1, 0.15) is 10.7 Å². The summed E-state index contributed by atoms with van der Waals surface area (Å²) in [4.78, 5) is 15.4. The van der Waals surface area contributed by atoms with Crippen LogP contribution in [-0.4, -0.2) is 21.1 Å². The highest BCUT2D eigenvalue weighted by molar-refractivity contribution is 7.15. The summed E-state index contributed by atoms with van der Waals surface area (Å²) in [5.74, 6) is -0.193. The van der Waals surface area contributed by atoms with Gasteiger partial charge < -0.3 is 4.98 Å². The molecule has 6 heteroatoms. The Morgan fingerprint density at radius 3 is 2.81 bits per heavy atom. The maximum absolute atomic E-state index is 12.3. The molecule has 0 aliphatic carbocycles. The second-order valence-electron chi connectivity index (χ2n) is 5.03. The molecule has 5 nitrogen and oxygen atoms in total. The van der Waals surface area contributed by atoms with Crippen molar-refractivity contribution in [1.29, 1.82) is 0 Å².